The third-order valence-corrected chi connectivity index (χ3v) is 6.63. The number of rotatable bonds is 10. The molecule has 2 amide bonds. The van der Waals surface area contributed by atoms with Crippen molar-refractivity contribution in [1.29, 1.82) is 0 Å². The molecule has 0 saturated carbocycles. The Kier molecular flexibility index (Phi) is 8.20. The van der Waals surface area contributed by atoms with E-state index in [0.29, 0.717) is 6.54 Å². The van der Waals surface area contributed by atoms with Crippen molar-refractivity contribution < 1.29 is 19.0 Å². The van der Waals surface area contributed by atoms with E-state index in [2.05, 4.69) is 29.7 Å². The fourth-order valence-electron chi connectivity index (χ4n) is 4.95. The van der Waals surface area contributed by atoms with Crippen molar-refractivity contribution >= 4 is 11.7 Å². The zero-order valence-corrected chi connectivity index (χ0v) is 20.7. The lowest BCUT2D eigenvalue weighted by Crippen LogP contribution is -2.33. The molecule has 0 spiro atoms. The van der Waals surface area contributed by atoms with E-state index in [4.69, 9.17) is 14.2 Å². The summed E-state index contributed by atoms with van der Waals surface area (Å²) in [5, 5.41) is 6.27. The van der Waals surface area contributed by atoms with Crippen LogP contribution in [-0.2, 0) is 12.8 Å². The summed E-state index contributed by atoms with van der Waals surface area (Å²) >= 11 is 0. The smallest absolute Gasteiger partial charge is 0.319 e. The molecule has 34 heavy (non-hydrogen) atoms. The number of unbranched alkanes of at least 4 members (excludes halogenated alkanes) is 2. The molecule has 2 aromatic rings. The van der Waals surface area contributed by atoms with E-state index in [0.717, 1.165) is 67.0 Å². The quantitative estimate of drug-likeness (QED) is 0.389. The molecule has 2 aliphatic rings. The highest BCUT2D eigenvalue weighted by Gasteiger charge is 2.24. The topological polar surface area (TPSA) is 68.8 Å². The second-order valence-corrected chi connectivity index (χ2v) is 9.56. The minimum atomic E-state index is -0.196. The zero-order valence-electron chi connectivity index (χ0n) is 20.7. The van der Waals surface area contributed by atoms with Gasteiger partial charge in [0.25, 0.3) is 0 Å². The third kappa shape index (κ3) is 5.78. The van der Waals surface area contributed by atoms with Crippen molar-refractivity contribution in [3.8, 4) is 17.2 Å². The molecular weight excluding hydrogens is 428 g/mol. The number of nitrogens with one attached hydrogen (secondary N) is 2. The number of carbonyl (C=O) groups excluding carboxylic acids is 1. The SMILES string of the molecule is CCCCC[C@@H](CNC(=O)Nc1c(OC(C)C)ccc2c1CCCC2)c1cccc2c1OCO2. The Labute approximate surface area is 203 Å². The van der Waals surface area contributed by atoms with Crippen molar-refractivity contribution in [2.45, 2.75) is 84.2 Å². The number of para-hydroxylation sites is 1. The average Bonchev–Trinajstić information content (AvgIpc) is 3.32. The lowest BCUT2D eigenvalue weighted by Gasteiger charge is -2.24. The summed E-state index contributed by atoms with van der Waals surface area (Å²) in [7, 11) is 0. The van der Waals surface area contributed by atoms with Crippen LogP contribution in [-0.4, -0.2) is 25.5 Å². The van der Waals surface area contributed by atoms with Crippen LogP contribution in [0.15, 0.2) is 30.3 Å². The molecule has 0 saturated heterocycles. The standard InChI is InChI=1S/C28H38N2O4/c1-4-5-6-11-21(23-13-9-14-25-27(23)33-18-32-25)17-29-28(31)30-26-22-12-8-7-10-20(22)15-16-24(26)34-19(2)3/h9,13-16,19,21H,4-8,10-12,17-18H2,1-3H3,(H2,29,30,31)/t21-/m0/s1. The van der Waals surface area contributed by atoms with E-state index in [1.54, 1.807) is 0 Å². The lowest BCUT2D eigenvalue weighted by atomic mass is 9.90. The van der Waals surface area contributed by atoms with Gasteiger partial charge in [-0.2, -0.15) is 0 Å². The highest BCUT2D eigenvalue weighted by molar-refractivity contribution is 5.92. The maximum absolute atomic E-state index is 13.1. The minimum Gasteiger partial charge on any atom is -0.489 e. The first-order valence-electron chi connectivity index (χ1n) is 12.8. The molecule has 2 aromatic carbocycles. The molecule has 1 atom stereocenters. The summed E-state index contributed by atoms with van der Waals surface area (Å²) in [5.74, 6) is 2.51. The molecule has 184 valence electrons. The van der Waals surface area contributed by atoms with Crippen molar-refractivity contribution in [2.24, 2.45) is 0 Å². The van der Waals surface area contributed by atoms with Crippen LogP contribution in [0.3, 0.4) is 0 Å². The van der Waals surface area contributed by atoms with E-state index >= 15 is 0 Å². The van der Waals surface area contributed by atoms with Crippen molar-refractivity contribution in [3.63, 3.8) is 0 Å². The van der Waals surface area contributed by atoms with Gasteiger partial charge in [-0.25, -0.2) is 4.79 Å². The first kappa shape index (κ1) is 24.2. The van der Waals surface area contributed by atoms with Crippen molar-refractivity contribution in [1.82, 2.24) is 5.32 Å². The number of ether oxygens (including phenoxy) is 3. The molecule has 1 aliphatic heterocycles. The van der Waals surface area contributed by atoms with Gasteiger partial charge in [-0.05, 0) is 69.2 Å². The van der Waals surface area contributed by atoms with E-state index in [9.17, 15) is 4.79 Å². The Hall–Kier alpha value is -2.89. The molecule has 0 unspecified atom stereocenters. The summed E-state index contributed by atoms with van der Waals surface area (Å²) in [6.07, 6.45) is 8.79. The van der Waals surface area contributed by atoms with Gasteiger partial charge in [0, 0.05) is 18.0 Å². The molecule has 0 bridgehead atoms. The molecule has 0 fully saturated rings. The maximum atomic E-state index is 13.1. The molecule has 1 heterocycles. The largest absolute Gasteiger partial charge is 0.489 e. The molecular formula is C28H38N2O4. The predicted molar refractivity (Wildman–Crippen MR) is 135 cm³/mol. The molecule has 6 heteroatoms. The van der Waals surface area contributed by atoms with Crippen LogP contribution in [0.4, 0.5) is 10.5 Å². The van der Waals surface area contributed by atoms with Gasteiger partial charge in [0.2, 0.25) is 6.79 Å². The zero-order chi connectivity index (χ0) is 23.9. The number of urea groups is 1. The Morgan fingerprint density at radius 1 is 1.09 bits per heavy atom. The van der Waals surface area contributed by atoms with Crippen molar-refractivity contribution in [2.75, 3.05) is 18.7 Å². The number of hydrogen-bond donors (Lipinski definition) is 2. The van der Waals surface area contributed by atoms with E-state index in [-0.39, 0.29) is 24.8 Å². The second kappa shape index (κ2) is 11.5. The summed E-state index contributed by atoms with van der Waals surface area (Å²) in [4.78, 5) is 13.1. The first-order chi connectivity index (χ1) is 16.6. The van der Waals surface area contributed by atoms with E-state index in [1.165, 1.54) is 24.0 Å². The number of aryl methyl sites for hydroxylation is 1. The number of amides is 2. The number of anilines is 1. The van der Waals surface area contributed by atoms with Crippen LogP contribution < -0.4 is 24.8 Å². The van der Waals surface area contributed by atoms with E-state index in [1.807, 2.05) is 32.0 Å². The van der Waals surface area contributed by atoms with Gasteiger partial charge in [-0.1, -0.05) is 44.4 Å². The fourth-order valence-corrected chi connectivity index (χ4v) is 4.95. The van der Waals surface area contributed by atoms with Gasteiger partial charge in [0.05, 0.1) is 11.8 Å². The second-order valence-electron chi connectivity index (χ2n) is 9.56. The Bertz CT molecular complexity index is 989. The van der Waals surface area contributed by atoms with Crippen LogP contribution in [0.1, 0.15) is 81.9 Å². The Morgan fingerprint density at radius 3 is 2.76 bits per heavy atom. The van der Waals surface area contributed by atoms with Crippen LogP contribution in [0.25, 0.3) is 0 Å². The van der Waals surface area contributed by atoms with Crippen LogP contribution >= 0.6 is 0 Å². The van der Waals surface area contributed by atoms with Crippen molar-refractivity contribution in [3.05, 3.63) is 47.0 Å². The summed E-state index contributed by atoms with van der Waals surface area (Å²) in [6, 6.07) is 9.98. The van der Waals surface area contributed by atoms with Gasteiger partial charge in [0.1, 0.15) is 5.75 Å². The first-order valence-corrected chi connectivity index (χ1v) is 12.8. The number of fused-ring (bicyclic) bond motifs is 2. The summed E-state index contributed by atoms with van der Waals surface area (Å²) in [6.45, 7) is 7.00. The van der Waals surface area contributed by atoms with Crippen LogP contribution in [0.5, 0.6) is 17.2 Å². The highest BCUT2D eigenvalue weighted by Crippen LogP contribution is 2.41. The Morgan fingerprint density at radius 2 is 1.94 bits per heavy atom. The van der Waals surface area contributed by atoms with Gasteiger partial charge in [-0.15, -0.1) is 0 Å². The normalized spacial score (nSPS) is 15.1. The fraction of sp³-hybridized carbons (Fsp3) is 0.536. The van der Waals surface area contributed by atoms with Crippen LogP contribution in [0.2, 0.25) is 0 Å². The van der Waals surface area contributed by atoms with E-state index < -0.39 is 0 Å². The predicted octanol–water partition coefficient (Wildman–Crippen LogP) is 6.57. The number of benzene rings is 2. The van der Waals surface area contributed by atoms with Gasteiger partial charge in [-0.3, -0.25) is 0 Å². The molecule has 1 aliphatic carbocycles. The minimum absolute atomic E-state index is 0.0376. The molecule has 6 nitrogen and oxygen atoms in total. The van der Waals surface area contributed by atoms with Gasteiger partial charge >= 0.3 is 6.03 Å². The summed E-state index contributed by atoms with van der Waals surface area (Å²) in [5.41, 5.74) is 4.45. The number of hydrogen-bond acceptors (Lipinski definition) is 4. The third-order valence-electron chi connectivity index (χ3n) is 6.63. The molecule has 4 rings (SSSR count). The molecule has 0 aromatic heterocycles. The monoisotopic (exact) mass is 466 g/mol. The number of carbonyl (C=O) groups is 1. The average molecular weight is 467 g/mol. The summed E-state index contributed by atoms with van der Waals surface area (Å²) < 4.78 is 17.4. The van der Waals surface area contributed by atoms with Gasteiger partial charge in [0.15, 0.2) is 11.5 Å². The van der Waals surface area contributed by atoms with Crippen LogP contribution in [0, 0.1) is 0 Å². The maximum Gasteiger partial charge on any atom is 0.319 e. The molecule has 2 N–H and O–H groups in total. The Balaban J connectivity index is 1.49. The lowest BCUT2D eigenvalue weighted by molar-refractivity contribution is 0.173. The van der Waals surface area contributed by atoms with Gasteiger partial charge < -0.3 is 24.8 Å². The molecule has 0 radical (unpaired) electrons. The highest BCUT2D eigenvalue weighted by atomic mass is 16.7.